The summed E-state index contributed by atoms with van der Waals surface area (Å²) in [5.74, 6) is 0.0832. The average Bonchev–Trinajstić information content (AvgIpc) is 3.55. The van der Waals surface area contributed by atoms with E-state index in [9.17, 15) is 18.0 Å². The molecule has 0 bridgehead atoms. The molecule has 0 atom stereocenters. The fraction of sp³-hybridized carbons (Fsp3) is 0.167. The van der Waals surface area contributed by atoms with Gasteiger partial charge in [-0.1, -0.05) is 49.9 Å². The van der Waals surface area contributed by atoms with Crippen LogP contribution in [0.15, 0.2) is 89.3 Å². The lowest BCUT2D eigenvalue weighted by Crippen LogP contribution is -2.23. The Balaban J connectivity index is 1.26. The number of para-hydroxylation sites is 1. The Morgan fingerprint density at radius 3 is 2.57 bits per heavy atom. The van der Waals surface area contributed by atoms with Crippen LogP contribution in [0.4, 0.5) is 18.9 Å². The topological polar surface area (TPSA) is 85.0 Å². The Kier molecular flexibility index (Phi) is 7.15. The molecule has 8 nitrogen and oxygen atoms in total. The molecule has 0 aliphatic carbocycles. The van der Waals surface area contributed by atoms with Crippen molar-refractivity contribution < 1.29 is 22.7 Å². The third-order valence-electron chi connectivity index (χ3n) is 6.58. The first-order chi connectivity index (χ1) is 20.2. The van der Waals surface area contributed by atoms with Crippen LogP contribution in [-0.2, 0) is 4.79 Å². The first-order valence-electron chi connectivity index (χ1n) is 13.0. The number of amidine groups is 1. The molecule has 1 aliphatic rings. The highest BCUT2D eigenvalue weighted by molar-refractivity contribution is 8.15. The number of aromatic nitrogens is 3. The highest BCUT2D eigenvalue weighted by atomic mass is 32.2. The zero-order valence-corrected chi connectivity index (χ0v) is 23.2. The van der Waals surface area contributed by atoms with E-state index < -0.39 is 6.36 Å². The quantitative estimate of drug-likeness (QED) is 0.196. The molecule has 1 fully saturated rings. The van der Waals surface area contributed by atoms with Crippen molar-refractivity contribution in [2.45, 2.75) is 26.1 Å². The summed E-state index contributed by atoms with van der Waals surface area (Å²) in [6.07, 6.45) is 0.0607. The lowest BCUT2D eigenvalue weighted by atomic mass is 10.0. The third kappa shape index (κ3) is 5.57. The maximum Gasteiger partial charge on any atom is 0.573 e. The van der Waals surface area contributed by atoms with E-state index in [1.807, 2.05) is 42.5 Å². The fourth-order valence-electron chi connectivity index (χ4n) is 4.63. The summed E-state index contributed by atoms with van der Waals surface area (Å²) in [5.41, 5.74) is 5.24. The Hall–Kier alpha value is -4.71. The van der Waals surface area contributed by atoms with E-state index in [2.05, 4.69) is 33.7 Å². The molecule has 0 radical (unpaired) electrons. The van der Waals surface area contributed by atoms with Gasteiger partial charge in [0, 0.05) is 22.8 Å². The number of carbonyl (C=O) groups is 1. The number of benzene rings is 3. The molecule has 2 aromatic heterocycles. The van der Waals surface area contributed by atoms with Crippen LogP contribution >= 0.6 is 11.8 Å². The summed E-state index contributed by atoms with van der Waals surface area (Å²) in [4.78, 5) is 26.5. The number of halogens is 3. The van der Waals surface area contributed by atoms with Gasteiger partial charge in [0.25, 0.3) is 5.91 Å². The van der Waals surface area contributed by atoms with Crippen molar-refractivity contribution in [1.29, 1.82) is 0 Å². The van der Waals surface area contributed by atoms with E-state index >= 15 is 0 Å². The minimum Gasteiger partial charge on any atom is -0.406 e. The molecule has 0 N–H and O–H groups in total. The highest BCUT2D eigenvalue weighted by Crippen LogP contribution is 2.31. The van der Waals surface area contributed by atoms with Gasteiger partial charge in [-0.2, -0.15) is 10.1 Å². The molecule has 42 heavy (non-hydrogen) atoms. The van der Waals surface area contributed by atoms with Gasteiger partial charge in [-0.3, -0.25) is 14.3 Å². The van der Waals surface area contributed by atoms with Gasteiger partial charge in [0.2, 0.25) is 0 Å². The number of imidazole rings is 1. The summed E-state index contributed by atoms with van der Waals surface area (Å²) in [7, 11) is 0. The maximum absolute atomic E-state index is 12.6. The first kappa shape index (κ1) is 27.5. The molecule has 212 valence electrons. The summed E-state index contributed by atoms with van der Waals surface area (Å²) in [6.45, 7) is 4.20. The number of alkyl halides is 3. The molecule has 3 aromatic carbocycles. The summed E-state index contributed by atoms with van der Waals surface area (Å²) in [6, 6.07) is 19.1. The summed E-state index contributed by atoms with van der Waals surface area (Å²) in [5, 5.41) is 7.09. The largest absolute Gasteiger partial charge is 0.573 e. The number of aliphatic imine (C=N–C) groups is 1. The second-order valence-corrected chi connectivity index (χ2v) is 10.7. The minimum atomic E-state index is -4.75. The van der Waals surface area contributed by atoms with E-state index in [0.717, 1.165) is 22.2 Å². The Bertz CT molecular complexity index is 1870. The number of hydrogen-bond donors (Lipinski definition) is 0. The van der Waals surface area contributed by atoms with Crippen LogP contribution in [0.2, 0.25) is 0 Å². The lowest BCUT2D eigenvalue weighted by Gasteiger charge is -2.12. The second kappa shape index (κ2) is 10.9. The van der Waals surface area contributed by atoms with Crippen LogP contribution in [0.25, 0.3) is 27.6 Å². The molecule has 1 amide bonds. The van der Waals surface area contributed by atoms with Crippen molar-refractivity contribution in [1.82, 2.24) is 19.5 Å². The van der Waals surface area contributed by atoms with Crippen molar-refractivity contribution in [3.63, 3.8) is 0 Å². The molecule has 0 unspecified atom stereocenters. The molecule has 3 heterocycles. The molecule has 12 heteroatoms. The first-order valence-corrected chi connectivity index (χ1v) is 13.9. The van der Waals surface area contributed by atoms with Crippen LogP contribution in [0.1, 0.15) is 30.9 Å². The molecule has 1 aliphatic heterocycles. The molecule has 0 saturated carbocycles. The summed E-state index contributed by atoms with van der Waals surface area (Å²) >= 11 is 1.35. The minimum absolute atomic E-state index is 0.156. The third-order valence-corrected chi connectivity index (χ3v) is 7.49. The van der Waals surface area contributed by atoms with E-state index in [1.54, 1.807) is 23.3 Å². The van der Waals surface area contributed by atoms with E-state index in [4.69, 9.17) is 4.99 Å². The normalized spacial score (nSPS) is 15.2. The van der Waals surface area contributed by atoms with E-state index in [-0.39, 0.29) is 23.3 Å². The van der Waals surface area contributed by atoms with Gasteiger partial charge in [0.15, 0.2) is 5.17 Å². The van der Waals surface area contributed by atoms with Crippen molar-refractivity contribution in [2.24, 2.45) is 10.1 Å². The predicted octanol–water partition coefficient (Wildman–Crippen LogP) is 7.19. The zero-order chi connectivity index (χ0) is 29.4. The van der Waals surface area contributed by atoms with Gasteiger partial charge in [-0.05, 0) is 53.9 Å². The Morgan fingerprint density at radius 2 is 1.81 bits per heavy atom. The van der Waals surface area contributed by atoms with Gasteiger partial charge < -0.3 is 4.74 Å². The lowest BCUT2D eigenvalue weighted by molar-refractivity contribution is -0.274. The maximum atomic E-state index is 12.6. The number of nitrogens with zero attached hydrogens (tertiary/aromatic N) is 6. The molecule has 6 rings (SSSR count). The molecular formula is C30H23F3N6O2S. The SMILES string of the molecule is CC(C)c1ccccc1N=C1SCC(=O)N1/N=C\c1cnc2c(ccc3c2ncn3-c2ccc(OC(F)(F)F)cc2)c1. The molecule has 0 spiro atoms. The van der Waals surface area contributed by atoms with Crippen LogP contribution in [-0.4, -0.2) is 48.9 Å². The zero-order valence-electron chi connectivity index (χ0n) is 22.4. The number of amides is 1. The predicted molar refractivity (Wildman–Crippen MR) is 158 cm³/mol. The van der Waals surface area contributed by atoms with Crippen LogP contribution < -0.4 is 4.74 Å². The average molecular weight is 589 g/mol. The molecular weight excluding hydrogens is 565 g/mol. The van der Waals surface area contributed by atoms with Gasteiger partial charge in [0.1, 0.15) is 17.6 Å². The second-order valence-electron chi connectivity index (χ2n) is 9.78. The van der Waals surface area contributed by atoms with Crippen molar-refractivity contribution in [3.8, 4) is 11.4 Å². The van der Waals surface area contributed by atoms with Gasteiger partial charge in [-0.25, -0.2) is 9.98 Å². The van der Waals surface area contributed by atoms with Gasteiger partial charge in [-0.15, -0.1) is 13.2 Å². The number of carbonyl (C=O) groups excluding carboxylic acids is 1. The highest BCUT2D eigenvalue weighted by Gasteiger charge is 2.31. The number of hydrazone groups is 1. The van der Waals surface area contributed by atoms with E-state index in [0.29, 0.717) is 27.5 Å². The number of thioether (sulfide) groups is 1. The number of hydrogen-bond acceptors (Lipinski definition) is 7. The van der Waals surface area contributed by atoms with E-state index in [1.165, 1.54) is 41.0 Å². The number of rotatable bonds is 6. The van der Waals surface area contributed by atoms with Crippen molar-refractivity contribution >= 4 is 56.7 Å². The molecule has 1 saturated heterocycles. The van der Waals surface area contributed by atoms with Crippen LogP contribution in [0.5, 0.6) is 5.75 Å². The van der Waals surface area contributed by atoms with Gasteiger partial charge in [0.05, 0.1) is 28.7 Å². The Labute approximate surface area is 242 Å². The smallest absolute Gasteiger partial charge is 0.406 e. The van der Waals surface area contributed by atoms with Crippen molar-refractivity contribution in [3.05, 3.63) is 90.4 Å². The van der Waals surface area contributed by atoms with Crippen LogP contribution in [0.3, 0.4) is 0 Å². The Morgan fingerprint density at radius 1 is 1.02 bits per heavy atom. The van der Waals surface area contributed by atoms with Crippen molar-refractivity contribution in [2.75, 3.05) is 5.75 Å². The number of ether oxygens (including phenoxy) is 1. The molecule has 5 aromatic rings. The van der Waals surface area contributed by atoms with Gasteiger partial charge >= 0.3 is 6.36 Å². The number of pyridine rings is 1. The standard InChI is InChI=1S/C30H23F3N6O2S/c1-18(2)23-5-3-4-6-24(23)37-29-39(26(40)16-42-29)36-15-19-13-20-7-12-25-28(27(20)34-14-19)35-17-38(25)21-8-10-22(11-9-21)41-30(31,32)33/h3-15,17-18H,16H2,1-2H3/b36-15-,37-29?. The van der Waals surface area contributed by atoms with Crippen LogP contribution in [0, 0.1) is 0 Å². The number of fused-ring (bicyclic) bond motifs is 3. The fourth-order valence-corrected chi connectivity index (χ4v) is 5.44. The monoisotopic (exact) mass is 588 g/mol. The summed E-state index contributed by atoms with van der Waals surface area (Å²) < 4.78 is 43.2.